The molecule has 0 aliphatic heterocycles. The van der Waals surface area contributed by atoms with Crippen LogP contribution in [0, 0.1) is 5.82 Å². The van der Waals surface area contributed by atoms with Crippen LogP contribution in [-0.2, 0) is 32.6 Å². The lowest BCUT2D eigenvalue weighted by molar-refractivity contribution is -0.139. The van der Waals surface area contributed by atoms with E-state index in [0.29, 0.717) is 0 Å². The number of benzene rings is 3. The third kappa shape index (κ3) is 7.14. The standard InChI is InChI=1S/C26H27BrFN3O4S/c1-29-26(33)24(16-19-9-4-3-5-10-19)30(17-20-11-8-12-21(27)15-20)25(32)18-31(36(2,34)35)23-14-7-6-13-22(23)28/h3-15,24H,16-18H2,1-2H3,(H,29,33). The maximum atomic E-state index is 14.5. The second-order valence-electron chi connectivity index (χ2n) is 8.19. The topological polar surface area (TPSA) is 86.8 Å². The number of halogens is 2. The van der Waals surface area contributed by atoms with Crippen molar-refractivity contribution in [1.29, 1.82) is 0 Å². The van der Waals surface area contributed by atoms with Crippen LogP contribution in [0.4, 0.5) is 10.1 Å². The average Bonchev–Trinajstić information content (AvgIpc) is 2.84. The third-order valence-corrected chi connectivity index (χ3v) is 7.18. The molecular weight excluding hydrogens is 549 g/mol. The van der Waals surface area contributed by atoms with Crippen molar-refractivity contribution in [1.82, 2.24) is 10.2 Å². The highest BCUT2D eigenvalue weighted by molar-refractivity contribution is 9.10. The van der Waals surface area contributed by atoms with Gasteiger partial charge in [-0.2, -0.15) is 0 Å². The first-order valence-electron chi connectivity index (χ1n) is 11.1. The Labute approximate surface area is 219 Å². The van der Waals surface area contributed by atoms with Crippen LogP contribution in [0.5, 0.6) is 0 Å². The van der Waals surface area contributed by atoms with E-state index in [1.807, 2.05) is 42.5 Å². The van der Waals surface area contributed by atoms with E-state index in [9.17, 15) is 22.4 Å². The Morgan fingerprint density at radius 3 is 2.22 bits per heavy atom. The van der Waals surface area contributed by atoms with Gasteiger partial charge in [0.2, 0.25) is 21.8 Å². The van der Waals surface area contributed by atoms with Gasteiger partial charge in [0.05, 0.1) is 11.9 Å². The van der Waals surface area contributed by atoms with E-state index < -0.39 is 40.2 Å². The molecule has 1 N–H and O–H groups in total. The fourth-order valence-electron chi connectivity index (χ4n) is 3.80. The van der Waals surface area contributed by atoms with Gasteiger partial charge in [-0.3, -0.25) is 13.9 Å². The van der Waals surface area contributed by atoms with E-state index in [0.717, 1.165) is 32.2 Å². The van der Waals surface area contributed by atoms with Crippen LogP contribution in [0.15, 0.2) is 83.3 Å². The van der Waals surface area contributed by atoms with Crippen molar-refractivity contribution in [2.45, 2.75) is 19.0 Å². The molecule has 3 aromatic rings. The summed E-state index contributed by atoms with van der Waals surface area (Å²) < 4.78 is 41.3. The predicted octanol–water partition coefficient (Wildman–Crippen LogP) is 3.74. The van der Waals surface area contributed by atoms with Gasteiger partial charge in [-0.1, -0.05) is 70.5 Å². The average molecular weight is 576 g/mol. The molecule has 1 atom stereocenters. The summed E-state index contributed by atoms with van der Waals surface area (Å²) in [5, 5.41) is 2.61. The molecule has 2 amide bonds. The van der Waals surface area contributed by atoms with Gasteiger partial charge in [0.25, 0.3) is 0 Å². The van der Waals surface area contributed by atoms with Crippen molar-refractivity contribution in [3.05, 3.63) is 100 Å². The highest BCUT2D eigenvalue weighted by atomic mass is 79.9. The molecule has 0 heterocycles. The molecule has 190 valence electrons. The Kier molecular flexibility index (Phi) is 9.22. The third-order valence-electron chi connectivity index (χ3n) is 5.56. The van der Waals surface area contributed by atoms with Crippen molar-refractivity contribution in [2.75, 3.05) is 24.2 Å². The molecule has 0 bridgehead atoms. The van der Waals surface area contributed by atoms with Gasteiger partial charge in [-0.25, -0.2) is 12.8 Å². The summed E-state index contributed by atoms with van der Waals surface area (Å²) in [6, 6.07) is 20.9. The highest BCUT2D eigenvalue weighted by Gasteiger charge is 2.33. The minimum absolute atomic E-state index is 0.0397. The van der Waals surface area contributed by atoms with Crippen LogP contribution in [0.2, 0.25) is 0 Å². The van der Waals surface area contributed by atoms with E-state index in [4.69, 9.17) is 0 Å². The van der Waals surface area contributed by atoms with Gasteiger partial charge in [0.1, 0.15) is 18.4 Å². The zero-order valence-electron chi connectivity index (χ0n) is 19.9. The number of sulfonamides is 1. The van der Waals surface area contributed by atoms with Crippen LogP contribution in [-0.4, -0.2) is 51.0 Å². The largest absolute Gasteiger partial charge is 0.357 e. The summed E-state index contributed by atoms with van der Waals surface area (Å²) in [6.07, 6.45) is 1.12. The Morgan fingerprint density at radius 2 is 1.61 bits per heavy atom. The SMILES string of the molecule is CNC(=O)C(Cc1ccccc1)N(Cc1cccc(Br)c1)C(=O)CN(c1ccccc1F)S(C)(=O)=O. The number of para-hydroxylation sites is 1. The number of likely N-dealkylation sites (N-methyl/N-ethyl adjacent to an activating group) is 1. The van der Waals surface area contributed by atoms with Gasteiger partial charge in [-0.05, 0) is 35.4 Å². The van der Waals surface area contributed by atoms with Gasteiger partial charge >= 0.3 is 0 Å². The van der Waals surface area contributed by atoms with Crippen molar-refractivity contribution in [3.8, 4) is 0 Å². The number of amides is 2. The van der Waals surface area contributed by atoms with E-state index in [2.05, 4.69) is 21.2 Å². The molecule has 7 nitrogen and oxygen atoms in total. The summed E-state index contributed by atoms with van der Waals surface area (Å²) in [5.41, 5.74) is 1.32. The number of carbonyl (C=O) groups excluding carboxylic acids is 2. The van der Waals surface area contributed by atoms with E-state index >= 15 is 0 Å². The molecule has 0 saturated heterocycles. The van der Waals surface area contributed by atoms with Gasteiger partial charge in [-0.15, -0.1) is 0 Å². The molecule has 0 radical (unpaired) electrons. The first kappa shape index (κ1) is 27.3. The molecular formula is C26H27BrFN3O4S. The van der Waals surface area contributed by atoms with Crippen molar-refractivity contribution in [2.24, 2.45) is 0 Å². The van der Waals surface area contributed by atoms with Crippen molar-refractivity contribution < 1.29 is 22.4 Å². The van der Waals surface area contributed by atoms with Crippen molar-refractivity contribution in [3.63, 3.8) is 0 Å². The molecule has 0 saturated carbocycles. The summed E-state index contributed by atoms with van der Waals surface area (Å²) in [5.74, 6) is -1.83. The normalized spacial score (nSPS) is 12.0. The molecule has 10 heteroatoms. The molecule has 0 aliphatic rings. The molecule has 1 unspecified atom stereocenters. The lowest BCUT2D eigenvalue weighted by atomic mass is 10.0. The van der Waals surface area contributed by atoms with Crippen molar-refractivity contribution >= 4 is 43.5 Å². The van der Waals surface area contributed by atoms with Gasteiger partial charge < -0.3 is 10.2 Å². The second kappa shape index (κ2) is 12.1. The van der Waals surface area contributed by atoms with E-state index in [1.54, 1.807) is 12.1 Å². The fourth-order valence-corrected chi connectivity index (χ4v) is 5.10. The van der Waals surface area contributed by atoms with Crippen LogP contribution >= 0.6 is 15.9 Å². The number of anilines is 1. The zero-order valence-corrected chi connectivity index (χ0v) is 22.3. The first-order valence-corrected chi connectivity index (χ1v) is 13.8. The Hall–Kier alpha value is -3.24. The maximum absolute atomic E-state index is 14.5. The molecule has 0 spiro atoms. The summed E-state index contributed by atoms with van der Waals surface area (Å²) >= 11 is 3.42. The van der Waals surface area contributed by atoms with Gasteiger partial charge in [0, 0.05) is 24.5 Å². The minimum atomic E-state index is -4.02. The molecule has 0 aromatic heterocycles. The monoisotopic (exact) mass is 575 g/mol. The molecule has 3 aromatic carbocycles. The Morgan fingerprint density at radius 1 is 0.972 bits per heavy atom. The summed E-state index contributed by atoms with van der Waals surface area (Å²) in [4.78, 5) is 28.1. The number of hydrogen-bond donors (Lipinski definition) is 1. The molecule has 3 rings (SSSR count). The number of hydrogen-bond acceptors (Lipinski definition) is 4. The smallest absolute Gasteiger partial charge is 0.244 e. The van der Waals surface area contributed by atoms with Crippen LogP contribution in [0.3, 0.4) is 0 Å². The van der Waals surface area contributed by atoms with Crippen LogP contribution in [0.25, 0.3) is 0 Å². The highest BCUT2D eigenvalue weighted by Crippen LogP contribution is 2.23. The zero-order chi connectivity index (χ0) is 26.3. The molecule has 0 fully saturated rings. The lowest BCUT2D eigenvalue weighted by Gasteiger charge is -2.33. The number of nitrogens with zero attached hydrogens (tertiary/aromatic N) is 2. The summed E-state index contributed by atoms with van der Waals surface area (Å²) in [6.45, 7) is -0.631. The molecule has 0 aliphatic carbocycles. The fraction of sp³-hybridized carbons (Fsp3) is 0.231. The summed E-state index contributed by atoms with van der Waals surface area (Å²) in [7, 11) is -2.54. The minimum Gasteiger partial charge on any atom is -0.357 e. The number of rotatable bonds is 10. The Balaban J connectivity index is 2.04. The maximum Gasteiger partial charge on any atom is 0.244 e. The van der Waals surface area contributed by atoms with E-state index in [-0.39, 0.29) is 18.7 Å². The lowest BCUT2D eigenvalue weighted by Crippen LogP contribution is -2.53. The predicted molar refractivity (Wildman–Crippen MR) is 141 cm³/mol. The second-order valence-corrected chi connectivity index (χ2v) is 11.0. The van der Waals surface area contributed by atoms with Crippen LogP contribution in [0.1, 0.15) is 11.1 Å². The Bertz CT molecular complexity index is 1320. The van der Waals surface area contributed by atoms with Crippen LogP contribution < -0.4 is 9.62 Å². The number of nitrogens with one attached hydrogen (secondary N) is 1. The quantitative estimate of drug-likeness (QED) is 0.399. The van der Waals surface area contributed by atoms with E-state index in [1.165, 1.54) is 30.1 Å². The molecule has 36 heavy (non-hydrogen) atoms. The van der Waals surface area contributed by atoms with Gasteiger partial charge in [0.15, 0.2) is 0 Å². The number of carbonyl (C=O) groups is 2. The first-order chi connectivity index (χ1) is 17.1.